The molecule has 37 heavy (non-hydrogen) atoms. The first-order valence-electron chi connectivity index (χ1n) is 12.2. The minimum Gasteiger partial charge on any atom is -0.452 e. The predicted molar refractivity (Wildman–Crippen MR) is 143 cm³/mol. The second kappa shape index (κ2) is 9.66. The van der Waals surface area contributed by atoms with Crippen LogP contribution in [0.3, 0.4) is 0 Å². The van der Waals surface area contributed by atoms with Crippen molar-refractivity contribution in [2.45, 2.75) is 6.42 Å². The van der Waals surface area contributed by atoms with Gasteiger partial charge >= 0.3 is 5.97 Å². The number of aromatic nitrogens is 2. The Kier molecular flexibility index (Phi) is 5.91. The van der Waals surface area contributed by atoms with Crippen molar-refractivity contribution in [1.82, 2.24) is 9.97 Å². The number of benzene rings is 4. The van der Waals surface area contributed by atoms with Crippen molar-refractivity contribution in [3.63, 3.8) is 0 Å². The van der Waals surface area contributed by atoms with E-state index in [1.807, 2.05) is 84.9 Å². The largest absolute Gasteiger partial charge is 0.452 e. The molecule has 1 aromatic heterocycles. The molecule has 0 atom stereocenters. The van der Waals surface area contributed by atoms with E-state index in [-0.39, 0.29) is 12.5 Å². The average Bonchev–Trinajstić information content (AvgIpc) is 3.40. The van der Waals surface area contributed by atoms with E-state index < -0.39 is 5.97 Å². The average molecular weight is 486 g/mol. The molecule has 0 aliphatic carbocycles. The van der Waals surface area contributed by atoms with Crippen LogP contribution in [0.15, 0.2) is 103 Å². The summed E-state index contributed by atoms with van der Waals surface area (Å²) in [6.07, 6.45) is 0.800. The van der Waals surface area contributed by atoms with Gasteiger partial charge < -0.3 is 9.64 Å². The van der Waals surface area contributed by atoms with Crippen LogP contribution in [0.5, 0.6) is 0 Å². The molecule has 0 radical (unpaired) electrons. The summed E-state index contributed by atoms with van der Waals surface area (Å²) in [5.41, 5.74) is 6.96. The van der Waals surface area contributed by atoms with E-state index in [1.165, 1.54) is 0 Å². The van der Waals surface area contributed by atoms with E-state index in [4.69, 9.17) is 14.7 Å². The Morgan fingerprint density at radius 1 is 0.730 bits per heavy atom. The van der Waals surface area contributed by atoms with E-state index in [0.29, 0.717) is 23.1 Å². The predicted octanol–water partition coefficient (Wildman–Crippen LogP) is 5.71. The molecule has 6 nitrogen and oxygen atoms in total. The third kappa shape index (κ3) is 4.45. The van der Waals surface area contributed by atoms with Gasteiger partial charge in [-0.05, 0) is 36.2 Å². The first-order valence-corrected chi connectivity index (χ1v) is 12.2. The highest BCUT2D eigenvalue weighted by atomic mass is 16.5. The van der Waals surface area contributed by atoms with Crippen LogP contribution in [-0.4, -0.2) is 35.0 Å². The lowest BCUT2D eigenvalue weighted by molar-refractivity contribution is -0.121. The van der Waals surface area contributed by atoms with Crippen molar-refractivity contribution in [1.29, 1.82) is 0 Å². The Morgan fingerprint density at radius 2 is 1.35 bits per heavy atom. The highest BCUT2D eigenvalue weighted by molar-refractivity contribution is 5.99. The molecule has 4 aromatic carbocycles. The van der Waals surface area contributed by atoms with Gasteiger partial charge in [0, 0.05) is 23.4 Å². The maximum Gasteiger partial charge on any atom is 0.338 e. The Bertz CT molecular complexity index is 1620. The van der Waals surface area contributed by atoms with Crippen LogP contribution >= 0.6 is 0 Å². The topological polar surface area (TPSA) is 72.4 Å². The molecule has 0 unspecified atom stereocenters. The van der Waals surface area contributed by atoms with Crippen LogP contribution in [0.1, 0.15) is 15.9 Å². The molecule has 0 saturated carbocycles. The summed E-state index contributed by atoms with van der Waals surface area (Å²) in [6, 6.07) is 32.6. The standard InChI is InChI=1S/C31H23N3O3/c35-28(34-18-17-21-9-7-8-14-27(21)34)20-37-31(36)24-15-16-25-26(19-24)33-30(23-12-5-2-6-13-23)29(32-25)22-10-3-1-4-11-22/h1-16,19H,17-18,20H2. The second-order valence-electron chi connectivity index (χ2n) is 8.86. The monoisotopic (exact) mass is 485 g/mol. The van der Waals surface area contributed by atoms with Crippen LogP contribution in [0, 0.1) is 0 Å². The zero-order chi connectivity index (χ0) is 25.2. The molecular formula is C31H23N3O3. The van der Waals surface area contributed by atoms with Crippen molar-refractivity contribution < 1.29 is 14.3 Å². The molecule has 1 amide bonds. The molecule has 0 fully saturated rings. The lowest BCUT2D eigenvalue weighted by Crippen LogP contribution is -2.33. The number of para-hydroxylation sites is 1. The molecule has 2 heterocycles. The molecule has 0 bridgehead atoms. The van der Waals surface area contributed by atoms with Gasteiger partial charge in [-0.2, -0.15) is 0 Å². The number of hydrogen-bond acceptors (Lipinski definition) is 5. The maximum atomic E-state index is 12.9. The SMILES string of the molecule is O=C(OCC(=O)N1CCc2ccccc21)c1ccc2nc(-c3ccccc3)c(-c3ccccc3)nc2c1. The van der Waals surface area contributed by atoms with Gasteiger partial charge in [0.2, 0.25) is 0 Å². The highest BCUT2D eigenvalue weighted by Crippen LogP contribution is 2.31. The fourth-order valence-electron chi connectivity index (χ4n) is 4.66. The van der Waals surface area contributed by atoms with Crippen LogP contribution in [0.2, 0.25) is 0 Å². The fourth-order valence-corrected chi connectivity index (χ4v) is 4.66. The number of rotatable bonds is 5. The van der Waals surface area contributed by atoms with E-state index in [9.17, 15) is 9.59 Å². The van der Waals surface area contributed by atoms with E-state index >= 15 is 0 Å². The third-order valence-corrected chi connectivity index (χ3v) is 6.51. The molecular weight excluding hydrogens is 462 g/mol. The Balaban J connectivity index is 1.27. The summed E-state index contributed by atoms with van der Waals surface area (Å²) >= 11 is 0. The molecule has 1 aliphatic heterocycles. The molecule has 5 aromatic rings. The molecule has 6 heteroatoms. The summed E-state index contributed by atoms with van der Waals surface area (Å²) in [7, 11) is 0. The number of amides is 1. The lowest BCUT2D eigenvalue weighted by atomic mass is 10.0. The van der Waals surface area contributed by atoms with E-state index in [2.05, 4.69) is 0 Å². The van der Waals surface area contributed by atoms with E-state index in [0.717, 1.165) is 40.2 Å². The van der Waals surface area contributed by atoms with Crippen LogP contribution in [0.4, 0.5) is 5.69 Å². The Morgan fingerprint density at radius 3 is 2.05 bits per heavy atom. The van der Waals surface area contributed by atoms with Gasteiger partial charge in [-0.25, -0.2) is 14.8 Å². The summed E-state index contributed by atoms with van der Waals surface area (Å²) < 4.78 is 5.40. The van der Waals surface area contributed by atoms with Crippen LogP contribution in [-0.2, 0) is 16.0 Å². The second-order valence-corrected chi connectivity index (χ2v) is 8.86. The molecule has 0 saturated heterocycles. The van der Waals surface area contributed by atoms with Gasteiger partial charge in [-0.1, -0.05) is 78.9 Å². The van der Waals surface area contributed by atoms with Crippen molar-refractivity contribution in [3.05, 3.63) is 114 Å². The van der Waals surface area contributed by atoms with Gasteiger partial charge in [0.05, 0.1) is 28.0 Å². The quantitative estimate of drug-likeness (QED) is 0.298. The minimum absolute atomic E-state index is 0.238. The van der Waals surface area contributed by atoms with Crippen molar-refractivity contribution in [2.75, 3.05) is 18.1 Å². The third-order valence-electron chi connectivity index (χ3n) is 6.51. The van der Waals surface area contributed by atoms with Crippen LogP contribution in [0.25, 0.3) is 33.5 Å². The Hall–Kier alpha value is -4.84. The smallest absolute Gasteiger partial charge is 0.338 e. The molecule has 0 spiro atoms. The summed E-state index contributed by atoms with van der Waals surface area (Å²) in [4.78, 5) is 37.1. The van der Waals surface area contributed by atoms with E-state index in [1.54, 1.807) is 23.1 Å². The first kappa shape index (κ1) is 22.6. The Labute approximate surface area is 214 Å². The highest BCUT2D eigenvalue weighted by Gasteiger charge is 2.25. The number of anilines is 1. The number of nitrogens with zero attached hydrogens (tertiary/aromatic N) is 3. The van der Waals surface area contributed by atoms with Gasteiger partial charge in [0.15, 0.2) is 6.61 Å². The van der Waals surface area contributed by atoms with Crippen molar-refractivity contribution >= 4 is 28.6 Å². The summed E-state index contributed by atoms with van der Waals surface area (Å²) in [5.74, 6) is -0.810. The molecule has 1 aliphatic rings. The van der Waals surface area contributed by atoms with Gasteiger partial charge in [0.25, 0.3) is 5.91 Å². The number of carbonyl (C=O) groups is 2. The normalized spacial score (nSPS) is 12.4. The molecule has 180 valence electrons. The number of fused-ring (bicyclic) bond motifs is 2. The van der Waals surface area contributed by atoms with Crippen molar-refractivity contribution in [2.24, 2.45) is 0 Å². The number of hydrogen-bond donors (Lipinski definition) is 0. The summed E-state index contributed by atoms with van der Waals surface area (Å²) in [5, 5.41) is 0. The fraction of sp³-hybridized carbons (Fsp3) is 0.0968. The number of esters is 1. The summed E-state index contributed by atoms with van der Waals surface area (Å²) in [6.45, 7) is 0.270. The zero-order valence-electron chi connectivity index (χ0n) is 20.0. The van der Waals surface area contributed by atoms with Gasteiger partial charge in [-0.15, -0.1) is 0 Å². The van der Waals surface area contributed by atoms with Crippen LogP contribution < -0.4 is 4.90 Å². The number of ether oxygens (including phenoxy) is 1. The van der Waals surface area contributed by atoms with Gasteiger partial charge in [0.1, 0.15) is 0 Å². The van der Waals surface area contributed by atoms with Gasteiger partial charge in [-0.3, -0.25) is 4.79 Å². The number of carbonyl (C=O) groups excluding carboxylic acids is 2. The molecule has 0 N–H and O–H groups in total. The molecule has 6 rings (SSSR count). The maximum absolute atomic E-state index is 12.9. The lowest BCUT2D eigenvalue weighted by Gasteiger charge is -2.17. The zero-order valence-corrected chi connectivity index (χ0v) is 20.0. The first-order chi connectivity index (χ1) is 18.2. The minimum atomic E-state index is -0.571. The van der Waals surface area contributed by atoms with Crippen molar-refractivity contribution in [3.8, 4) is 22.5 Å².